The van der Waals surface area contributed by atoms with E-state index in [-0.39, 0.29) is 13.0 Å². The number of carboxylic acids is 1. The van der Waals surface area contributed by atoms with Crippen LogP contribution in [0.25, 0.3) is 0 Å². The average Bonchev–Trinajstić information content (AvgIpc) is 2.39. The molecule has 1 unspecified atom stereocenters. The standard InChI is InChI=1S/C16H32O3/c1-2-3-4-5-6-8-11-15(14-17)12-9-7-10-13-16(18)19/h15,17H,2-14H2,1H3,(H,18,19). The molecule has 3 heteroatoms. The van der Waals surface area contributed by atoms with E-state index in [0.29, 0.717) is 5.92 Å². The summed E-state index contributed by atoms with van der Waals surface area (Å²) in [4.78, 5) is 10.4. The van der Waals surface area contributed by atoms with Crippen LogP contribution in [-0.4, -0.2) is 22.8 Å². The SMILES string of the molecule is CCCCCCCCC(CO)CCCCCC(=O)O. The van der Waals surface area contributed by atoms with Crippen molar-refractivity contribution in [1.82, 2.24) is 0 Å². The van der Waals surface area contributed by atoms with Crippen LogP contribution >= 0.6 is 0 Å². The monoisotopic (exact) mass is 272 g/mol. The van der Waals surface area contributed by atoms with E-state index in [1.54, 1.807) is 0 Å². The van der Waals surface area contributed by atoms with Crippen molar-refractivity contribution in [3.05, 3.63) is 0 Å². The maximum atomic E-state index is 10.4. The minimum atomic E-state index is -0.703. The van der Waals surface area contributed by atoms with Crippen molar-refractivity contribution >= 4 is 5.97 Å². The van der Waals surface area contributed by atoms with Crippen LogP contribution in [-0.2, 0) is 4.79 Å². The Morgan fingerprint density at radius 2 is 1.42 bits per heavy atom. The van der Waals surface area contributed by atoms with E-state index in [0.717, 1.165) is 32.1 Å². The highest BCUT2D eigenvalue weighted by Crippen LogP contribution is 2.18. The Labute approximate surface area is 118 Å². The highest BCUT2D eigenvalue weighted by Gasteiger charge is 2.07. The van der Waals surface area contributed by atoms with Crippen LogP contribution in [0.3, 0.4) is 0 Å². The normalized spacial score (nSPS) is 12.5. The average molecular weight is 272 g/mol. The second-order valence-corrected chi connectivity index (χ2v) is 5.60. The van der Waals surface area contributed by atoms with Crippen LogP contribution in [0.4, 0.5) is 0 Å². The third-order valence-electron chi connectivity index (χ3n) is 3.73. The summed E-state index contributed by atoms with van der Waals surface area (Å²) in [6.45, 7) is 2.51. The molecule has 0 aliphatic carbocycles. The maximum absolute atomic E-state index is 10.4. The third kappa shape index (κ3) is 13.7. The zero-order valence-corrected chi connectivity index (χ0v) is 12.6. The molecule has 0 heterocycles. The third-order valence-corrected chi connectivity index (χ3v) is 3.73. The Kier molecular flexibility index (Phi) is 13.4. The van der Waals surface area contributed by atoms with E-state index in [2.05, 4.69) is 6.92 Å². The van der Waals surface area contributed by atoms with Crippen LogP contribution in [0.5, 0.6) is 0 Å². The van der Waals surface area contributed by atoms with Gasteiger partial charge in [-0.25, -0.2) is 0 Å². The van der Waals surface area contributed by atoms with Gasteiger partial charge in [0.2, 0.25) is 0 Å². The molecule has 0 aliphatic heterocycles. The van der Waals surface area contributed by atoms with Gasteiger partial charge in [-0.15, -0.1) is 0 Å². The molecule has 1 atom stereocenters. The zero-order valence-electron chi connectivity index (χ0n) is 12.6. The lowest BCUT2D eigenvalue weighted by atomic mass is 9.95. The number of aliphatic hydroxyl groups excluding tert-OH is 1. The lowest BCUT2D eigenvalue weighted by Crippen LogP contribution is -2.06. The second kappa shape index (κ2) is 13.9. The largest absolute Gasteiger partial charge is 0.481 e. The highest BCUT2D eigenvalue weighted by atomic mass is 16.4. The van der Waals surface area contributed by atoms with Crippen molar-refractivity contribution < 1.29 is 15.0 Å². The summed E-state index contributed by atoms with van der Waals surface area (Å²) in [5.41, 5.74) is 0. The molecule has 0 radical (unpaired) electrons. The number of hydrogen-bond donors (Lipinski definition) is 2. The molecule has 0 rings (SSSR count). The van der Waals surface area contributed by atoms with E-state index < -0.39 is 5.97 Å². The number of carboxylic acid groups (broad SMARTS) is 1. The Hall–Kier alpha value is -0.570. The van der Waals surface area contributed by atoms with E-state index in [1.165, 1.54) is 38.5 Å². The van der Waals surface area contributed by atoms with Gasteiger partial charge in [-0.1, -0.05) is 58.3 Å². The van der Waals surface area contributed by atoms with Gasteiger partial charge >= 0.3 is 5.97 Å². The summed E-state index contributed by atoms with van der Waals surface area (Å²) in [7, 11) is 0. The number of carbonyl (C=O) groups is 1. The van der Waals surface area contributed by atoms with Gasteiger partial charge in [0.25, 0.3) is 0 Å². The predicted octanol–water partition coefficient (Wildman–Crippen LogP) is 4.38. The zero-order chi connectivity index (χ0) is 14.3. The molecular weight excluding hydrogens is 240 g/mol. The molecule has 2 N–H and O–H groups in total. The van der Waals surface area contributed by atoms with Gasteiger partial charge in [-0.2, -0.15) is 0 Å². The fourth-order valence-electron chi connectivity index (χ4n) is 2.43. The van der Waals surface area contributed by atoms with E-state index >= 15 is 0 Å². The van der Waals surface area contributed by atoms with E-state index in [9.17, 15) is 9.90 Å². The molecule has 0 aromatic heterocycles. The number of unbranched alkanes of at least 4 members (excludes halogenated alkanes) is 7. The van der Waals surface area contributed by atoms with Crippen LogP contribution in [0.2, 0.25) is 0 Å². The lowest BCUT2D eigenvalue weighted by Gasteiger charge is -2.13. The molecule has 0 aliphatic rings. The highest BCUT2D eigenvalue weighted by molar-refractivity contribution is 5.66. The Morgan fingerprint density at radius 1 is 0.895 bits per heavy atom. The van der Waals surface area contributed by atoms with Gasteiger partial charge in [-0.3, -0.25) is 4.79 Å². The molecular formula is C16H32O3. The first-order valence-corrected chi connectivity index (χ1v) is 8.03. The van der Waals surface area contributed by atoms with Crippen LogP contribution in [0, 0.1) is 5.92 Å². The van der Waals surface area contributed by atoms with Crippen LogP contribution in [0.1, 0.15) is 84.0 Å². The van der Waals surface area contributed by atoms with Gasteiger partial charge in [0, 0.05) is 13.0 Å². The molecule has 0 amide bonds. The molecule has 0 spiro atoms. The Morgan fingerprint density at radius 3 is 1.95 bits per heavy atom. The van der Waals surface area contributed by atoms with E-state index in [1.807, 2.05) is 0 Å². The van der Waals surface area contributed by atoms with Gasteiger partial charge in [-0.05, 0) is 25.2 Å². The topological polar surface area (TPSA) is 57.5 Å². The summed E-state index contributed by atoms with van der Waals surface area (Å²) >= 11 is 0. The molecule has 0 saturated heterocycles. The molecule has 114 valence electrons. The number of hydrogen-bond acceptors (Lipinski definition) is 2. The summed E-state index contributed by atoms with van der Waals surface area (Å²) in [6, 6.07) is 0. The van der Waals surface area contributed by atoms with Gasteiger partial charge < -0.3 is 10.2 Å². The fraction of sp³-hybridized carbons (Fsp3) is 0.938. The smallest absolute Gasteiger partial charge is 0.303 e. The van der Waals surface area contributed by atoms with Crippen molar-refractivity contribution in [3.63, 3.8) is 0 Å². The molecule has 19 heavy (non-hydrogen) atoms. The summed E-state index contributed by atoms with van der Waals surface area (Å²) in [5.74, 6) is -0.276. The predicted molar refractivity (Wildman–Crippen MR) is 79.3 cm³/mol. The fourth-order valence-corrected chi connectivity index (χ4v) is 2.43. The molecule has 0 fully saturated rings. The minimum Gasteiger partial charge on any atom is -0.481 e. The van der Waals surface area contributed by atoms with Crippen molar-refractivity contribution in [3.8, 4) is 0 Å². The number of aliphatic hydroxyl groups is 1. The number of aliphatic carboxylic acids is 1. The van der Waals surface area contributed by atoms with Crippen LogP contribution in [0.15, 0.2) is 0 Å². The Balaban J connectivity index is 3.37. The molecule has 3 nitrogen and oxygen atoms in total. The minimum absolute atomic E-state index is 0.279. The van der Waals surface area contributed by atoms with Crippen molar-refractivity contribution in [2.75, 3.05) is 6.61 Å². The van der Waals surface area contributed by atoms with Crippen LogP contribution < -0.4 is 0 Å². The summed E-state index contributed by atoms with van der Waals surface area (Å²) in [6.07, 6.45) is 13.0. The molecule has 0 aromatic carbocycles. The van der Waals surface area contributed by atoms with Gasteiger partial charge in [0.05, 0.1) is 0 Å². The first-order chi connectivity index (χ1) is 9.20. The maximum Gasteiger partial charge on any atom is 0.303 e. The van der Waals surface area contributed by atoms with Crippen molar-refractivity contribution in [2.45, 2.75) is 84.0 Å². The van der Waals surface area contributed by atoms with Gasteiger partial charge in [0.15, 0.2) is 0 Å². The van der Waals surface area contributed by atoms with Crippen molar-refractivity contribution in [2.24, 2.45) is 5.92 Å². The second-order valence-electron chi connectivity index (χ2n) is 5.60. The molecule has 0 bridgehead atoms. The Bertz CT molecular complexity index is 204. The number of rotatable bonds is 14. The first-order valence-electron chi connectivity index (χ1n) is 8.03. The summed E-state index contributed by atoms with van der Waals surface area (Å²) in [5, 5.41) is 17.9. The first kappa shape index (κ1) is 18.4. The quantitative estimate of drug-likeness (QED) is 0.461. The molecule has 0 aromatic rings. The van der Waals surface area contributed by atoms with Gasteiger partial charge in [0.1, 0.15) is 0 Å². The summed E-state index contributed by atoms with van der Waals surface area (Å²) < 4.78 is 0. The van der Waals surface area contributed by atoms with Crippen molar-refractivity contribution in [1.29, 1.82) is 0 Å². The van der Waals surface area contributed by atoms with E-state index in [4.69, 9.17) is 5.11 Å². The molecule has 0 saturated carbocycles. The lowest BCUT2D eigenvalue weighted by molar-refractivity contribution is -0.137.